The molecular formula is C15H10N4O2S. The summed E-state index contributed by atoms with van der Waals surface area (Å²) in [5, 5.41) is 5.50. The standard InChI is InChI=1S/C15H10N4O2S/c20-14(18-13-2-1-6-21-13)11-9-19-5-3-10(8-12(19)17-11)15-16-4-7-22-15/h1-9H,(H,18,20). The molecule has 4 aromatic rings. The van der Waals surface area contributed by atoms with Gasteiger partial charge in [-0.1, -0.05) is 0 Å². The van der Waals surface area contributed by atoms with Crippen LogP contribution in [0, 0.1) is 0 Å². The van der Waals surface area contributed by atoms with Gasteiger partial charge in [-0.05, 0) is 18.2 Å². The van der Waals surface area contributed by atoms with Gasteiger partial charge in [0, 0.05) is 35.6 Å². The third-order valence-corrected chi connectivity index (χ3v) is 3.95. The molecule has 22 heavy (non-hydrogen) atoms. The topological polar surface area (TPSA) is 72.4 Å². The molecule has 0 saturated carbocycles. The summed E-state index contributed by atoms with van der Waals surface area (Å²) < 4.78 is 6.89. The molecule has 0 unspecified atom stereocenters. The van der Waals surface area contributed by atoms with Gasteiger partial charge >= 0.3 is 0 Å². The molecule has 7 heteroatoms. The monoisotopic (exact) mass is 310 g/mol. The van der Waals surface area contributed by atoms with Gasteiger partial charge < -0.3 is 8.82 Å². The molecule has 0 bridgehead atoms. The zero-order valence-corrected chi connectivity index (χ0v) is 12.1. The predicted octanol–water partition coefficient (Wildman–Crippen LogP) is 3.30. The fourth-order valence-electron chi connectivity index (χ4n) is 2.12. The van der Waals surface area contributed by atoms with E-state index >= 15 is 0 Å². The summed E-state index contributed by atoms with van der Waals surface area (Å²) in [5.74, 6) is 0.0833. The van der Waals surface area contributed by atoms with Crippen LogP contribution >= 0.6 is 11.3 Å². The molecule has 0 aliphatic heterocycles. The first-order chi connectivity index (χ1) is 10.8. The Morgan fingerprint density at radius 1 is 1.36 bits per heavy atom. The lowest BCUT2D eigenvalue weighted by Crippen LogP contribution is -2.11. The van der Waals surface area contributed by atoms with Gasteiger partial charge in [0.15, 0.2) is 5.88 Å². The number of fused-ring (bicyclic) bond motifs is 1. The molecule has 0 fully saturated rings. The number of furan rings is 1. The van der Waals surface area contributed by atoms with Crippen LogP contribution in [0.2, 0.25) is 0 Å². The van der Waals surface area contributed by atoms with Crippen LogP contribution in [-0.4, -0.2) is 20.3 Å². The number of rotatable bonds is 3. The number of amides is 1. The van der Waals surface area contributed by atoms with E-state index in [0.29, 0.717) is 17.2 Å². The number of thiazole rings is 1. The molecular weight excluding hydrogens is 300 g/mol. The second-order valence-corrected chi connectivity index (χ2v) is 5.47. The first-order valence-corrected chi connectivity index (χ1v) is 7.41. The molecule has 4 rings (SSSR count). The molecule has 0 aliphatic carbocycles. The average molecular weight is 310 g/mol. The molecule has 0 saturated heterocycles. The minimum Gasteiger partial charge on any atom is -0.449 e. The van der Waals surface area contributed by atoms with E-state index in [1.54, 1.807) is 40.3 Å². The molecule has 0 aromatic carbocycles. The van der Waals surface area contributed by atoms with Crippen molar-refractivity contribution in [2.45, 2.75) is 0 Å². The normalized spacial score (nSPS) is 10.9. The van der Waals surface area contributed by atoms with Crippen LogP contribution in [0.3, 0.4) is 0 Å². The van der Waals surface area contributed by atoms with Crippen molar-refractivity contribution in [1.29, 1.82) is 0 Å². The van der Waals surface area contributed by atoms with Crippen molar-refractivity contribution in [1.82, 2.24) is 14.4 Å². The Morgan fingerprint density at radius 2 is 2.32 bits per heavy atom. The van der Waals surface area contributed by atoms with Gasteiger partial charge in [-0.3, -0.25) is 10.1 Å². The smallest absolute Gasteiger partial charge is 0.278 e. The molecule has 6 nitrogen and oxygen atoms in total. The molecule has 108 valence electrons. The second-order valence-electron chi connectivity index (χ2n) is 4.58. The van der Waals surface area contributed by atoms with Crippen molar-refractivity contribution in [3.05, 3.63) is 60.2 Å². The van der Waals surface area contributed by atoms with Crippen molar-refractivity contribution >= 4 is 28.8 Å². The van der Waals surface area contributed by atoms with Crippen LogP contribution in [0.5, 0.6) is 0 Å². The Kier molecular flexibility index (Phi) is 2.97. The molecule has 4 aromatic heterocycles. The van der Waals surface area contributed by atoms with Crippen LogP contribution in [0.4, 0.5) is 5.88 Å². The number of aromatic nitrogens is 3. The fourth-order valence-corrected chi connectivity index (χ4v) is 2.75. The van der Waals surface area contributed by atoms with E-state index in [-0.39, 0.29) is 5.91 Å². The molecule has 1 amide bonds. The predicted molar refractivity (Wildman–Crippen MR) is 83.0 cm³/mol. The molecule has 0 radical (unpaired) electrons. The van der Waals surface area contributed by atoms with E-state index in [0.717, 1.165) is 10.6 Å². The minimum absolute atomic E-state index is 0.311. The van der Waals surface area contributed by atoms with Crippen LogP contribution < -0.4 is 5.32 Å². The van der Waals surface area contributed by atoms with Gasteiger partial charge in [0.2, 0.25) is 0 Å². The Labute approximate surface area is 129 Å². The number of hydrogen-bond acceptors (Lipinski definition) is 5. The number of carbonyl (C=O) groups is 1. The van der Waals surface area contributed by atoms with E-state index < -0.39 is 0 Å². The highest BCUT2D eigenvalue weighted by Gasteiger charge is 2.13. The first kappa shape index (κ1) is 12.8. The van der Waals surface area contributed by atoms with E-state index in [1.807, 2.05) is 23.7 Å². The Morgan fingerprint density at radius 3 is 3.09 bits per heavy atom. The average Bonchev–Trinajstić information content (AvgIpc) is 3.27. The zero-order valence-electron chi connectivity index (χ0n) is 11.3. The summed E-state index contributed by atoms with van der Waals surface area (Å²) in [6.07, 6.45) is 6.81. The van der Waals surface area contributed by atoms with Crippen molar-refractivity contribution in [3.63, 3.8) is 0 Å². The maximum atomic E-state index is 12.1. The number of carbonyl (C=O) groups excluding carboxylic acids is 1. The van der Waals surface area contributed by atoms with Crippen LogP contribution in [0.15, 0.2) is 58.9 Å². The molecule has 4 heterocycles. The van der Waals surface area contributed by atoms with Crippen molar-refractivity contribution < 1.29 is 9.21 Å². The first-order valence-electron chi connectivity index (χ1n) is 6.53. The Balaban J connectivity index is 1.67. The van der Waals surface area contributed by atoms with Gasteiger partial charge in [-0.15, -0.1) is 11.3 Å². The van der Waals surface area contributed by atoms with E-state index in [1.165, 1.54) is 6.26 Å². The van der Waals surface area contributed by atoms with Gasteiger partial charge in [-0.25, -0.2) is 9.97 Å². The van der Waals surface area contributed by atoms with Gasteiger partial charge in [0.05, 0.1) is 6.26 Å². The van der Waals surface area contributed by atoms with E-state index in [9.17, 15) is 4.79 Å². The van der Waals surface area contributed by atoms with Crippen molar-refractivity contribution in [3.8, 4) is 10.6 Å². The number of hydrogen-bond donors (Lipinski definition) is 1. The molecule has 1 N–H and O–H groups in total. The van der Waals surface area contributed by atoms with Crippen LogP contribution in [0.1, 0.15) is 10.5 Å². The summed E-state index contributed by atoms with van der Waals surface area (Å²) in [4.78, 5) is 20.8. The van der Waals surface area contributed by atoms with Gasteiger partial charge in [0.25, 0.3) is 5.91 Å². The number of nitrogens with zero attached hydrogens (tertiary/aromatic N) is 3. The van der Waals surface area contributed by atoms with Crippen molar-refractivity contribution in [2.24, 2.45) is 0 Å². The third kappa shape index (κ3) is 2.27. The number of anilines is 1. The largest absolute Gasteiger partial charge is 0.449 e. The van der Waals surface area contributed by atoms with Crippen LogP contribution in [-0.2, 0) is 0 Å². The SMILES string of the molecule is O=C(Nc1ccco1)c1cn2ccc(-c3nccs3)cc2n1. The molecule has 0 spiro atoms. The van der Waals surface area contributed by atoms with Crippen molar-refractivity contribution in [2.75, 3.05) is 5.32 Å². The lowest BCUT2D eigenvalue weighted by molar-refractivity contribution is 0.102. The maximum absolute atomic E-state index is 12.1. The fraction of sp³-hybridized carbons (Fsp3) is 0. The highest BCUT2D eigenvalue weighted by atomic mass is 32.1. The zero-order chi connectivity index (χ0) is 14.9. The summed E-state index contributed by atoms with van der Waals surface area (Å²) in [7, 11) is 0. The third-order valence-electron chi connectivity index (χ3n) is 3.13. The lowest BCUT2D eigenvalue weighted by atomic mass is 10.3. The number of pyridine rings is 1. The molecule has 0 atom stereocenters. The van der Waals surface area contributed by atoms with E-state index in [4.69, 9.17) is 4.42 Å². The Hall–Kier alpha value is -2.93. The quantitative estimate of drug-likeness (QED) is 0.630. The highest BCUT2D eigenvalue weighted by Crippen LogP contribution is 2.23. The second kappa shape index (κ2) is 5.12. The number of imidazole rings is 1. The van der Waals surface area contributed by atoms with Crippen LogP contribution in [0.25, 0.3) is 16.2 Å². The summed E-state index contributed by atoms with van der Waals surface area (Å²) >= 11 is 1.56. The maximum Gasteiger partial charge on any atom is 0.278 e. The lowest BCUT2D eigenvalue weighted by Gasteiger charge is -1.96. The number of nitrogens with one attached hydrogen (secondary N) is 1. The molecule has 0 aliphatic rings. The summed E-state index contributed by atoms with van der Waals surface area (Å²) in [6.45, 7) is 0. The summed E-state index contributed by atoms with van der Waals surface area (Å²) in [6, 6.07) is 7.23. The minimum atomic E-state index is -0.311. The van der Waals surface area contributed by atoms with E-state index in [2.05, 4.69) is 15.3 Å². The van der Waals surface area contributed by atoms with Gasteiger partial charge in [0.1, 0.15) is 16.3 Å². The Bertz CT molecular complexity index is 926. The van der Waals surface area contributed by atoms with Gasteiger partial charge in [-0.2, -0.15) is 0 Å². The highest BCUT2D eigenvalue weighted by molar-refractivity contribution is 7.13. The summed E-state index contributed by atoms with van der Waals surface area (Å²) in [5.41, 5.74) is 2.00.